The van der Waals surface area contributed by atoms with Crippen LogP contribution in [-0.2, 0) is 14.3 Å². The van der Waals surface area contributed by atoms with Crippen LogP contribution in [0.15, 0.2) is 12.2 Å². The lowest BCUT2D eigenvalue weighted by Crippen LogP contribution is -2.28. The second-order valence-corrected chi connectivity index (χ2v) is 3.30. The summed E-state index contributed by atoms with van der Waals surface area (Å²) in [7, 11) is 0. The molecular formula is C8H11Cl2NO3. The van der Waals surface area contributed by atoms with Gasteiger partial charge >= 0.3 is 5.97 Å². The highest BCUT2D eigenvalue weighted by Gasteiger charge is 2.08. The minimum absolute atomic E-state index is 0.188. The van der Waals surface area contributed by atoms with Gasteiger partial charge in [0.1, 0.15) is 0 Å². The molecule has 0 heterocycles. The lowest BCUT2D eigenvalue weighted by Gasteiger charge is -2.00. The third-order valence-electron chi connectivity index (χ3n) is 1.13. The van der Waals surface area contributed by atoms with Crippen molar-refractivity contribution in [2.45, 2.75) is 11.8 Å². The first kappa shape index (κ1) is 13.3. The molecule has 4 nitrogen and oxygen atoms in total. The molecule has 0 saturated heterocycles. The average molecular weight is 240 g/mol. The predicted octanol–water partition coefficient (Wildman–Crippen LogP) is 1.03. The van der Waals surface area contributed by atoms with Gasteiger partial charge in [-0.05, 0) is 6.92 Å². The molecule has 0 aromatic rings. The summed E-state index contributed by atoms with van der Waals surface area (Å²) in [6, 6.07) is 0. The van der Waals surface area contributed by atoms with Crippen molar-refractivity contribution < 1.29 is 14.3 Å². The Labute approximate surface area is 92.2 Å². The van der Waals surface area contributed by atoms with Gasteiger partial charge in [0.25, 0.3) is 5.91 Å². The highest BCUT2D eigenvalue weighted by molar-refractivity contribution is 6.53. The minimum atomic E-state index is -1.09. The Bertz CT molecular complexity index is 229. The number of alkyl halides is 2. The van der Waals surface area contributed by atoms with Gasteiger partial charge in [-0.2, -0.15) is 0 Å². The van der Waals surface area contributed by atoms with E-state index in [2.05, 4.69) is 10.1 Å². The number of carbonyl (C=O) groups excluding carboxylic acids is 2. The molecule has 0 rings (SSSR count). The number of hydrogen-bond donors (Lipinski definition) is 1. The lowest BCUT2D eigenvalue weighted by atomic mass is 10.5. The number of hydrogen-bond acceptors (Lipinski definition) is 3. The Morgan fingerprint density at radius 3 is 2.64 bits per heavy atom. The van der Waals surface area contributed by atoms with Crippen molar-refractivity contribution in [2.75, 3.05) is 13.2 Å². The Hall–Kier alpha value is -0.740. The van der Waals surface area contributed by atoms with Crippen molar-refractivity contribution in [3.8, 4) is 0 Å². The number of halogens is 2. The molecule has 0 bridgehead atoms. The van der Waals surface area contributed by atoms with E-state index < -0.39 is 16.7 Å². The van der Waals surface area contributed by atoms with Crippen LogP contribution in [0.5, 0.6) is 0 Å². The maximum Gasteiger partial charge on any atom is 0.330 e. The fraction of sp³-hybridized carbons (Fsp3) is 0.500. The Balaban J connectivity index is 3.63. The fourth-order valence-corrected chi connectivity index (χ4v) is 0.736. The summed E-state index contributed by atoms with van der Waals surface area (Å²) in [4.78, 5) is 20.4. The number of esters is 1. The summed E-state index contributed by atoms with van der Waals surface area (Å²) >= 11 is 10.5. The highest BCUT2D eigenvalue weighted by Crippen LogP contribution is 1.99. The van der Waals surface area contributed by atoms with E-state index in [4.69, 9.17) is 23.2 Å². The van der Waals surface area contributed by atoms with Crippen LogP contribution < -0.4 is 5.32 Å². The third kappa shape index (κ3) is 6.74. The first-order chi connectivity index (χ1) is 6.57. The SMILES string of the molecule is CCOC(=O)/C=C/CNC(=O)C(Cl)Cl. The van der Waals surface area contributed by atoms with Gasteiger partial charge in [-0.25, -0.2) is 4.79 Å². The van der Waals surface area contributed by atoms with Gasteiger partial charge in [0.2, 0.25) is 0 Å². The molecule has 0 spiro atoms. The second-order valence-electron chi connectivity index (χ2n) is 2.20. The van der Waals surface area contributed by atoms with E-state index in [1.54, 1.807) is 6.92 Å². The van der Waals surface area contributed by atoms with Crippen molar-refractivity contribution >= 4 is 35.1 Å². The Morgan fingerprint density at radius 1 is 1.50 bits per heavy atom. The zero-order valence-electron chi connectivity index (χ0n) is 7.63. The van der Waals surface area contributed by atoms with Gasteiger partial charge in [0.15, 0.2) is 4.84 Å². The molecule has 0 unspecified atom stereocenters. The Kier molecular flexibility index (Phi) is 7.24. The molecule has 0 aliphatic carbocycles. The zero-order valence-corrected chi connectivity index (χ0v) is 9.14. The monoisotopic (exact) mass is 239 g/mol. The summed E-state index contributed by atoms with van der Waals surface area (Å²) in [6.45, 7) is 2.22. The topological polar surface area (TPSA) is 55.4 Å². The zero-order chi connectivity index (χ0) is 11.0. The molecule has 80 valence electrons. The van der Waals surface area contributed by atoms with Crippen LogP contribution in [0.2, 0.25) is 0 Å². The first-order valence-electron chi connectivity index (χ1n) is 3.97. The molecule has 1 N–H and O–H groups in total. The van der Waals surface area contributed by atoms with Gasteiger partial charge in [-0.3, -0.25) is 4.79 Å². The molecule has 0 atom stereocenters. The van der Waals surface area contributed by atoms with E-state index in [0.717, 1.165) is 0 Å². The third-order valence-corrected chi connectivity index (χ3v) is 1.53. The molecular weight excluding hydrogens is 229 g/mol. The van der Waals surface area contributed by atoms with Crippen molar-refractivity contribution in [2.24, 2.45) is 0 Å². The first-order valence-corrected chi connectivity index (χ1v) is 4.84. The van der Waals surface area contributed by atoms with Crippen molar-refractivity contribution in [1.82, 2.24) is 5.32 Å². The molecule has 0 aliphatic heterocycles. The standard InChI is InChI=1S/C8H11Cl2NO3/c1-2-14-6(12)4-3-5-11-8(13)7(9)10/h3-4,7H,2,5H2,1H3,(H,11,13)/b4-3+. The van der Waals surface area contributed by atoms with Crippen LogP contribution in [0.3, 0.4) is 0 Å². The van der Waals surface area contributed by atoms with E-state index in [9.17, 15) is 9.59 Å². The fourth-order valence-electron chi connectivity index (χ4n) is 0.582. The van der Waals surface area contributed by atoms with Crippen LogP contribution >= 0.6 is 23.2 Å². The number of nitrogens with one attached hydrogen (secondary N) is 1. The molecule has 1 amide bonds. The average Bonchev–Trinajstić information content (AvgIpc) is 2.12. The molecule has 14 heavy (non-hydrogen) atoms. The molecule has 6 heteroatoms. The summed E-state index contributed by atoms with van der Waals surface area (Å²) in [5.74, 6) is -0.947. The maximum atomic E-state index is 10.8. The molecule has 0 aliphatic rings. The Morgan fingerprint density at radius 2 is 2.14 bits per heavy atom. The molecule has 0 fully saturated rings. The molecule has 0 radical (unpaired) electrons. The quantitative estimate of drug-likeness (QED) is 0.443. The molecule has 0 aromatic carbocycles. The highest BCUT2D eigenvalue weighted by atomic mass is 35.5. The van der Waals surface area contributed by atoms with Crippen molar-refractivity contribution in [3.63, 3.8) is 0 Å². The van der Waals surface area contributed by atoms with E-state index in [1.165, 1.54) is 12.2 Å². The number of carbonyl (C=O) groups is 2. The van der Waals surface area contributed by atoms with Crippen LogP contribution in [0.1, 0.15) is 6.92 Å². The largest absolute Gasteiger partial charge is 0.463 e. The van der Waals surface area contributed by atoms with Crippen LogP contribution in [-0.4, -0.2) is 29.9 Å². The summed E-state index contributed by atoms with van der Waals surface area (Å²) in [6.07, 6.45) is 2.67. The van der Waals surface area contributed by atoms with Gasteiger partial charge in [0, 0.05) is 12.6 Å². The molecule has 0 saturated carbocycles. The second kappa shape index (κ2) is 7.64. The van der Waals surface area contributed by atoms with E-state index >= 15 is 0 Å². The van der Waals surface area contributed by atoms with Gasteiger partial charge < -0.3 is 10.1 Å². The smallest absolute Gasteiger partial charge is 0.330 e. The number of amides is 1. The van der Waals surface area contributed by atoms with Crippen LogP contribution in [0.25, 0.3) is 0 Å². The van der Waals surface area contributed by atoms with Gasteiger partial charge in [0.05, 0.1) is 6.61 Å². The van der Waals surface area contributed by atoms with Crippen LogP contribution in [0, 0.1) is 0 Å². The number of rotatable bonds is 5. The van der Waals surface area contributed by atoms with Crippen molar-refractivity contribution in [3.05, 3.63) is 12.2 Å². The van der Waals surface area contributed by atoms with Crippen molar-refractivity contribution in [1.29, 1.82) is 0 Å². The number of ether oxygens (including phenoxy) is 1. The predicted molar refractivity (Wildman–Crippen MR) is 54.3 cm³/mol. The van der Waals surface area contributed by atoms with Gasteiger partial charge in [-0.15, -0.1) is 0 Å². The van der Waals surface area contributed by atoms with Crippen LogP contribution in [0.4, 0.5) is 0 Å². The van der Waals surface area contributed by atoms with Gasteiger partial charge in [-0.1, -0.05) is 29.3 Å². The summed E-state index contributed by atoms with van der Waals surface area (Å²) in [5.41, 5.74) is 0. The van der Waals surface area contributed by atoms with E-state index in [1.807, 2.05) is 0 Å². The summed E-state index contributed by atoms with van der Waals surface area (Å²) in [5, 5.41) is 2.38. The normalized spacial score (nSPS) is 10.6. The molecule has 0 aromatic heterocycles. The van der Waals surface area contributed by atoms with E-state index in [-0.39, 0.29) is 6.54 Å². The maximum absolute atomic E-state index is 10.8. The van der Waals surface area contributed by atoms with E-state index in [0.29, 0.717) is 6.61 Å². The minimum Gasteiger partial charge on any atom is -0.463 e. The summed E-state index contributed by atoms with van der Waals surface area (Å²) < 4.78 is 4.61. The lowest BCUT2D eigenvalue weighted by molar-refractivity contribution is -0.137.